The van der Waals surface area contributed by atoms with Crippen molar-refractivity contribution in [1.82, 2.24) is 5.32 Å². The van der Waals surface area contributed by atoms with Crippen molar-refractivity contribution in [1.29, 1.82) is 0 Å². The Morgan fingerprint density at radius 1 is 1.19 bits per heavy atom. The monoisotopic (exact) mass is 367 g/mol. The van der Waals surface area contributed by atoms with Gasteiger partial charge in [0, 0.05) is 18.2 Å². The third-order valence-corrected chi connectivity index (χ3v) is 5.22. The van der Waals surface area contributed by atoms with Gasteiger partial charge in [-0.15, -0.1) is 0 Å². The van der Waals surface area contributed by atoms with Crippen molar-refractivity contribution in [2.45, 2.75) is 26.0 Å². The molecule has 0 fully saturated rings. The molecule has 2 aliphatic rings. The number of hydrogen-bond donors (Lipinski definition) is 2. The first-order valence-electron chi connectivity index (χ1n) is 9.32. The highest BCUT2D eigenvalue weighted by Crippen LogP contribution is 2.38. The quantitative estimate of drug-likeness (QED) is 0.869. The summed E-state index contributed by atoms with van der Waals surface area (Å²) in [7, 11) is 1.66. The molecule has 4 rings (SSSR count). The number of benzene rings is 2. The summed E-state index contributed by atoms with van der Waals surface area (Å²) in [4.78, 5) is 0. The van der Waals surface area contributed by atoms with E-state index >= 15 is 0 Å². The van der Waals surface area contributed by atoms with Crippen molar-refractivity contribution < 1.29 is 19.3 Å². The zero-order chi connectivity index (χ0) is 18.8. The average molecular weight is 367 g/mol. The van der Waals surface area contributed by atoms with Crippen LogP contribution in [0.1, 0.15) is 33.9 Å². The molecule has 2 aromatic rings. The van der Waals surface area contributed by atoms with Gasteiger partial charge in [0.15, 0.2) is 11.5 Å². The number of aliphatic hydroxyl groups is 1. The summed E-state index contributed by atoms with van der Waals surface area (Å²) in [6.45, 7) is 4.16. The van der Waals surface area contributed by atoms with Crippen molar-refractivity contribution in [2.75, 3.05) is 26.9 Å². The number of aryl methyl sites for hydroxylation is 1. The van der Waals surface area contributed by atoms with E-state index in [1.807, 2.05) is 12.1 Å². The smallest absolute Gasteiger partial charge is 0.165 e. The maximum Gasteiger partial charge on any atom is 0.165 e. The van der Waals surface area contributed by atoms with Gasteiger partial charge in [-0.2, -0.15) is 0 Å². The van der Waals surface area contributed by atoms with E-state index < -0.39 is 0 Å². The zero-order valence-corrected chi connectivity index (χ0v) is 15.7. The highest BCUT2D eigenvalue weighted by atomic mass is 16.6. The Morgan fingerprint density at radius 2 is 1.96 bits per heavy atom. The first-order valence-corrected chi connectivity index (χ1v) is 9.32. The van der Waals surface area contributed by atoms with E-state index in [-0.39, 0.29) is 12.6 Å². The Bertz CT molecular complexity index is 875. The molecule has 5 heteroatoms. The van der Waals surface area contributed by atoms with Crippen LogP contribution in [0.5, 0.6) is 17.2 Å². The first kappa shape index (κ1) is 17.9. The lowest BCUT2D eigenvalue weighted by atomic mass is 9.90. The molecule has 2 heterocycles. The van der Waals surface area contributed by atoms with E-state index in [1.54, 1.807) is 7.11 Å². The van der Waals surface area contributed by atoms with Gasteiger partial charge >= 0.3 is 0 Å². The highest BCUT2D eigenvalue weighted by Gasteiger charge is 2.20. The lowest BCUT2D eigenvalue weighted by Gasteiger charge is -2.26. The molecule has 27 heavy (non-hydrogen) atoms. The van der Waals surface area contributed by atoms with Gasteiger partial charge in [0.2, 0.25) is 0 Å². The van der Waals surface area contributed by atoms with Crippen LogP contribution in [0.2, 0.25) is 0 Å². The van der Waals surface area contributed by atoms with Gasteiger partial charge < -0.3 is 24.6 Å². The molecule has 0 spiro atoms. The molecule has 0 saturated heterocycles. The van der Waals surface area contributed by atoms with Crippen LogP contribution in [0, 0.1) is 6.92 Å². The second kappa shape index (κ2) is 7.62. The summed E-state index contributed by atoms with van der Waals surface area (Å²) in [5.74, 6) is 2.22. The van der Waals surface area contributed by atoms with Gasteiger partial charge in [-0.05, 0) is 41.7 Å². The van der Waals surface area contributed by atoms with Crippen molar-refractivity contribution >= 4 is 6.08 Å². The molecular weight excluding hydrogens is 342 g/mol. The van der Waals surface area contributed by atoms with E-state index in [1.165, 1.54) is 11.1 Å². The van der Waals surface area contributed by atoms with Crippen LogP contribution in [0.25, 0.3) is 6.08 Å². The fourth-order valence-corrected chi connectivity index (χ4v) is 3.74. The number of ether oxygens (including phenoxy) is 3. The van der Waals surface area contributed by atoms with Gasteiger partial charge in [-0.1, -0.05) is 24.3 Å². The van der Waals surface area contributed by atoms with Gasteiger partial charge in [-0.25, -0.2) is 0 Å². The van der Waals surface area contributed by atoms with Crippen LogP contribution in [-0.2, 0) is 13.0 Å². The van der Waals surface area contributed by atoms with Gasteiger partial charge in [0.25, 0.3) is 0 Å². The second-order valence-electron chi connectivity index (χ2n) is 6.91. The zero-order valence-electron chi connectivity index (χ0n) is 15.7. The molecule has 1 atom stereocenters. The van der Waals surface area contributed by atoms with E-state index in [4.69, 9.17) is 14.2 Å². The Labute approximate surface area is 159 Å². The minimum absolute atomic E-state index is 0.0610. The maximum atomic E-state index is 9.61. The van der Waals surface area contributed by atoms with Crippen molar-refractivity contribution in [3.05, 3.63) is 58.2 Å². The van der Waals surface area contributed by atoms with E-state index in [2.05, 4.69) is 36.5 Å². The van der Waals surface area contributed by atoms with Crippen LogP contribution in [-0.4, -0.2) is 32.0 Å². The first-order chi connectivity index (χ1) is 13.2. The summed E-state index contributed by atoms with van der Waals surface area (Å²) in [6, 6.07) is 8.25. The van der Waals surface area contributed by atoms with Crippen LogP contribution >= 0.6 is 0 Å². The van der Waals surface area contributed by atoms with Crippen LogP contribution < -0.4 is 19.5 Å². The molecule has 0 saturated carbocycles. The molecule has 5 nitrogen and oxygen atoms in total. The Morgan fingerprint density at radius 3 is 2.70 bits per heavy atom. The molecule has 0 bridgehead atoms. The van der Waals surface area contributed by atoms with Crippen molar-refractivity contribution in [3.8, 4) is 17.2 Å². The minimum Gasteiger partial charge on any atom is -0.496 e. The van der Waals surface area contributed by atoms with Crippen LogP contribution in [0.15, 0.2) is 30.3 Å². The minimum atomic E-state index is 0.0610. The average Bonchev–Trinajstić information content (AvgIpc) is 2.70. The van der Waals surface area contributed by atoms with E-state index in [0.29, 0.717) is 13.2 Å². The van der Waals surface area contributed by atoms with Gasteiger partial charge in [0.1, 0.15) is 19.0 Å². The van der Waals surface area contributed by atoms with Gasteiger partial charge in [-0.3, -0.25) is 0 Å². The summed E-state index contributed by atoms with van der Waals surface area (Å²) >= 11 is 0. The molecule has 2 N–H and O–H groups in total. The number of nitrogens with one attached hydrogen (secondary N) is 1. The number of methoxy groups -OCH3 is 1. The molecule has 2 aliphatic heterocycles. The maximum absolute atomic E-state index is 9.61. The van der Waals surface area contributed by atoms with E-state index in [9.17, 15) is 5.11 Å². The van der Waals surface area contributed by atoms with Crippen molar-refractivity contribution in [2.24, 2.45) is 0 Å². The molecule has 142 valence electrons. The topological polar surface area (TPSA) is 60.0 Å². The summed E-state index contributed by atoms with van der Waals surface area (Å²) in [5.41, 5.74) is 5.64. The fraction of sp³-hybridized carbons (Fsp3) is 0.364. The van der Waals surface area contributed by atoms with Crippen molar-refractivity contribution in [3.63, 3.8) is 0 Å². The fourth-order valence-electron chi connectivity index (χ4n) is 3.74. The third kappa shape index (κ3) is 3.53. The Kier molecular flexibility index (Phi) is 5.05. The number of fused-ring (bicyclic) bond motifs is 2. The predicted octanol–water partition coefficient (Wildman–Crippen LogP) is 3.17. The number of aliphatic hydroxyl groups excluding tert-OH is 1. The third-order valence-electron chi connectivity index (χ3n) is 5.22. The highest BCUT2D eigenvalue weighted by molar-refractivity contribution is 5.64. The Balaban J connectivity index is 1.66. The lowest BCUT2D eigenvalue weighted by Crippen LogP contribution is -2.28. The largest absolute Gasteiger partial charge is 0.496 e. The Hall–Kier alpha value is -2.50. The van der Waals surface area contributed by atoms with Gasteiger partial charge in [0.05, 0.1) is 19.8 Å². The number of hydrogen-bond acceptors (Lipinski definition) is 5. The van der Waals surface area contributed by atoms with Crippen LogP contribution in [0.3, 0.4) is 0 Å². The molecule has 0 amide bonds. The normalized spacial score (nSPS) is 18.4. The molecular formula is C22H25NO4. The SMILES string of the molecule is COc1cc2c(cc1/C=C/C1NCCc3cc(C)c(CO)cc31)OCCO2. The molecule has 2 aromatic carbocycles. The predicted molar refractivity (Wildman–Crippen MR) is 105 cm³/mol. The van der Waals surface area contributed by atoms with Crippen LogP contribution in [0.4, 0.5) is 0 Å². The summed E-state index contributed by atoms with van der Waals surface area (Å²) < 4.78 is 16.9. The summed E-state index contributed by atoms with van der Waals surface area (Å²) in [6.07, 6.45) is 5.20. The molecule has 0 aromatic heterocycles. The second-order valence-corrected chi connectivity index (χ2v) is 6.91. The standard InChI is InChI=1S/C22H25NO4/c1-14-9-15-5-6-23-19(18(15)10-17(14)13-24)4-3-16-11-21-22(12-20(16)25-2)27-8-7-26-21/h3-4,9-12,19,23-24H,5-8,13H2,1-2H3/b4-3+. The molecule has 0 radical (unpaired) electrons. The number of rotatable bonds is 4. The molecule has 0 aliphatic carbocycles. The van der Waals surface area contributed by atoms with E-state index in [0.717, 1.165) is 46.9 Å². The lowest BCUT2D eigenvalue weighted by molar-refractivity contribution is 0.170. The summed E-state index contributed by atoms with van der Waals surface area (Å²) in [5, 5.41) is 13.2. The molecule has 1 unspecified atom stereocenters.